The average Bonchev–Trinajstić information content (AvgIpc) is 2.97. The van der Waals surface area contributed by atoms with E-state index < -0.39 is 0 Å². The molecule has 128 valence electrons. The molecule has 0 atom stereocenters. The lowest BCUT2D eigenvalue weighted by Gasteiger charge is -2.17. The van der Waals surface area contributed by atoms with Gasteiger partial charge in [-0.15, -0.1) is 36.2 Å². The first-order valence-corrected chi connectivity index (χ1v) is 7.76. The smallest absolute Gasteiger partial charge is 0.140 e. The molecule has 4 nitrogen and oxygen atoms in total. The van der Waals surface area contributed by atoms with E-state index in [-0.39, 0.29) is 31.4 Å². The first-order valence-electron chi connectivity index (χ1n) is 6.88. The second-order valence-corrected chi connectivity index (χ2v) is 6.04. The Morgan fingerprint density at radius 2 is 2.04 bits per heavy atom. The van der Waals surface area contributed by atoms with Crippen LogP contribution in [0.3, 0.4) is 0 Å². The molecule has 0 aliphatic rings. The Balaban J connectivity index is 0.00000242. The number of aliphatic hydroxyl groups is 1. The fourth-order valence-corrected chi connectivity index (χ4v) is 2.71. The number of nitrogens with zero attached hydrogens (tertiary/aromatic N) is 1. The van der Waals surface area contributed by atoms with Crippen molar-refractivity contribution >= 4 is 47.7 Å². The van der Waals surface area contributed by atoms with Gasteiger partial charge in [0.05, 0.1) is 11.5 Å². The quantitative estimate of drug-likeness (QED) is 0.532. The fraction of sp³-hybridized carbons (Fsp3) is 0.312. The summed E-state index contributed by atoms with van der Waals surface area (Å²) in [5.41, 5.74) is 3.24. The Bertz CT molecular complexity index is 605. The van der Waals surface area contributed by atoms with Gasteiger partial charge in [-0.05, 0) is 42.6 Å². The topological polar surface area (TPSA) is 59.4 Å². The number of halogens is 2. The molecule has 0 aliphatic carbocycles. The van der Waals surface area contributed by atoms with Crippen LogP contribution in [0.1, 0.15) is 16.0 Å². The van der Waals surface area contributed by atoms with Gasteiger partial charge in [-0.3, -0.25) is 10.3 Å². The van der Waals surface area contributed by atoms with Crippen molar-refractivity contribution in [2.45, 2.75) is 13.5 Å². The minimum absolute atomic E-state index is 0. The van der Waals surface area contributed by atoms with Gasteiger partial charge in [0.1, 0.15) is 5.84 Å². The Hall–Kier alpha value is -1.11. The number of hydrogen-bond donors (Lipinski definition) is 3. The molecule has 2 aromatic rings. The summed E-state index contributed by atoms with van der Waals surface area (Å²) in [6, 6.07) is 10.1. The Morgan fingerprint density at radius 3 is 2.65 bits per heavy atom. The molecule has 0 spiro atoms. The van der Waals surface area contributed by atoms with Crippen LogP contribution in [0.5, 0.6) is 0 Å². The van der Waals surface area contributed by atoms with E-state index in [1.54, 1.807) is 11.3 Å². The number of thiophene rings is 1. The molecule has 1 aromatic carbocycles. The molecule has 0 unspecified atom stereocenters. The third-order valence-corrected chi connectivity index (χ3v) is 4.15. The van der Waals surface area contributed by atoms with E-state index in [1.165, 1.54) is 0 Å². The van der Waals surface area contributed by atoms with Gasteiger partial charge >= 0.3 is 0 Å². The van der Waals surface area contributed by atoms with Crippen molar-refractivity contribution in [1.29, 1.82) is 5.41 Å². The molecule has 0 bridgehead atoms. The molecule has 3 N–H and O–H groups in total. The third-order valence-electron chi connectivity index (χ3n) is 3.26. The largest absolute Gasteiger partial charge is 0.395 e. The summed E-state index contributed by atoms with van der Waals surface area (Å²) < 4.78 is 0. The highest BCUT2D eigenvalue weighted by molar-refractivity contribution is 7.12. The third kappa shape index (κ3) is 6.49. The fourth-order valence-electron chi connectivity index (χ4n) is 2.08. The number of rotatable bonds is 6. The standard InChI is InChI=1S/C16H21N3OS.2ClH/c1-12-5-6-13(11-19(2)7-8-20)10-14(12)18-16(17)15-4-3-9-21-15;;/h3-6,9-10,20H,7-8,11H2,1-2H3,(H2,17,18);2*1H. The zero-order valence-corrected chi connectivity index (χ0v) is 15.7. The van der Waals surface area contributed by atoms with Crippen LogP contribution < -0.4 is 5.32 Å². The molecule has 0 aliphatic heterocycles. The van der Waals surface area contributed by atoms with E-state index in [0.29, 0.717) is 12.4 Å². The Kier molecular flexibility index (Phi) is 10.1. The lowest BCUT2D eigenvalue weighted by Crippen LogP contribution is -2.21. The number of anilines is 1. The number of likely N-dealkylation sites (N-methyl/N-ethyl adjacent to an activating group) is 1. The van der Waals surface area contributed by atoms with E-state index in [1.807, 2.05) is 31.5 Å². The Labute approximate surface area is 153 Å². The summed E-state index contributed by atoms with van der Waals surface area (Å²) in [6.45, 7) is 3.63. The van der Waals surface area contributed by atoms with Crippen LogP contribution in [0.25, 0.3) is 0 Å². The summed E-state index contributed by atoms with van der Waals surface area (Å²) in [7, 11) is 1.98. The molecule has 0 saturated heterocycles. The molecule has 1 aromatic heterocycles. The normalized spacial score (nSPS) is 9.91. The molecule has 1 heterocycles. The lowest BCUT2D eigenvalue weighted by atomic mass is 10.1. The van der Waals surface area contributed by atoms with E-state index in [9.17, 15) is 0 Å². The first-order chi connectivity index (χ1) is 10.1. The molecule has 0 radical (unpaired) electrons. The highest BCUT2D eigenvalue weighted by atomic mass is 35.5. The molecule has 7 heteroatoms. The lowest BCUT2D eigenvalue weighted by molar-refractivity contribution is 0.217. The minimum Gasteiger partial charge on any atom is -0.395 e. The van der Waals surface area contributed by atoms with Crippen LogP contribution >= 0.6 is 36.2 Å². The van der Waals surface area contributed by atoms with Gasteiger partial charge in [0.25, 0.3) is 0 Å². The van der Waals surface area contributed by atoms with Gasteiger partial charge in [-0.1, -0.05) is 18.2 Å². The van der Waals surface area contributed by atoms with Crippen LogP contribution in [0.2, 0.25) is 0 Å². The molecular formula is C16H23Cl2N3OS. The predicted octanol–water partition coefficient (Wildman–Crippen LogP) is 3.76. The summed E-state index contributed by atoms with van der Waals surface area (Å²) >= 11 is 1.55. The summed E-state index contributed by atoms with van der Waals surface area (Å²) in [6.07, 6.45) is 0. The maximum absolute atomic E-state index is 8.96. The average molecular weight is 376 g/mol. The highest BCUT2D eigenvalue weighted by Crippen LogP contribution is 2.20. The second-order valence-electron chi connectivity index (χ2n) is 5.09. The van der Waals surface area contributed by atoms with Crippen LogP contribution in [-0.2, 0) is 6.54 Å². The predicted molar refractivity (Wildman–Crippen MR) is 104 cm³/mol. The van der Waals surface area contributed by atoms with Gasteiger partial charge in [-0.25, -0.2) is 0 Å². The van der Waals surface area contributed by atoms with E-state index >= 15 is 0 Å². The van der Waals surface area contributed by atoms with Crippen LogP contribution in [-0.4, -0.2) is 36.0 Å². The summed E-state index contributed by atoms with van der Waals surface area (Å²) in [4.78, 5) is 3.00. The maximum atomic E-state index is 8.96. The number of benzene rings is 1. The number of hydrogen-bond acceptors (Lipinski definition) is 4. The van der Waals surface area contributed by atoms with Gasteiger partial charge in [0.15, 0.2) is 0 Å². The maximum Gasteiger partial charge on any atom is 0.140 e. The molecule has 0 saturated carbocycles. The van der Waals surface area contributed by atoms with Crippen molar-refractivity contribution in [3.63, 3.8) is 0 Å². The SMILES string of the molecule is Cc1ccc(CN(C)CCO)cc1NC(=N)c1cccs1.Cl.Cl. The molecular weight excluding hydrogens is 353 g/mol. The summed E-state index contributed by atoms with van der Waals surface area (Å²) in [5.74, 6) is 0.425. The van der Waals surface area contributed by atoms with Crippen LogP contribution in [0.4, 0.5) is 5.69 Å². The van der Waals surface area contributed by atoms with Gasteiger partial charge in [-0.2, -0.15) is 0 Å². The Morgan fingerprint density at radius 1 is 1.30 bits per heavy atom. The van der Waals surface area contributed by atoms with Crippen molar-refractivity contribution in [3.05, 3.63) is 51.7 Å². The molecule has 23 heavy (non-hydrogen) atoms. The number of aryl methyl sites for hydroxylation is 1. The second kappa shape index (κ2) is 10.6. The summed E-state index contributed by atoms with van der Waals surface area (Å²) in [5, 5.41) is 22.2. The molecule has 2 rings (SSSR count). The number of nitrogens with one attached hydrogen (secondary N) is 2. The van der Waals surface area contributed by atoms with E-state index in [2.05, 4.69) is 28.4 Å². The van der Waals surface area contributed by atoms with E-state index in [0.717, 1.165) is 28.2 Å². The van der Waals surface area contributed by atoms with Gasteiger partial charge in [0.2, 0.25) is 0 Å². The van der Waals surface area contributed by atoms with Crippen molar-refractivity contribution in [2.75, 3.05) is 25.5 Å². The van der Waals surface area contributed by atoms with Crippen LogP contribution in [0, 0.1) is 12.3 Å². The van der Waals surface area contributed by atoms with Crippen molar-refractivity contribution < 1.29 is 5.11 Å². The number of amidine groups is 1. The van der Waals surface area contributed by atoms with Crippen molar-refractivity contribution in [1.82, 2.24) is 4.90 Å². The van der Waals surface area contributed by atoms with Crippen molar-refractivity contribution in [2.24, 2.45) is 0 Å². The monoisotopic (exact) mass is 375 g/mol. The van der Waals surface area contributed by atoms with Gasteiger partial charge in [0, 0.05) is 18.8 Å². The zero-order chi connectivity index (χ0) is 15.2. The number of aliphatic hydroxyl groups excluding tert-OH is 1. The van der Waals surface area contributed by atoms with E-state index in [4.69, 9.17) is 10.5 Å². The molecule has 0 fully saturated rings. The first kappa shape index (κ1) is 21.9. The van der Waals surface area contributed by atoms with Crippen LogP contribution in [0.15, 0.2) is 35.7 Å². The zero-order valence-electron chi connectivity index (χ0n) is 13.2. The minimum atomic E-state index is 0. The van der Waals surface area contributed by atoms with Gasteiger partial charge < -0.3 is 10.4 Å². The highest BCUT2D eigenvalue weighted by Gasteiger charge is 2.07. The molecule has 0 amide bonds. The van der Waals surface area contributed by atoms with Crippen molar-refractivity contribution in [3.8, 4) is 0 Å².